The number of aryl methyl sites for hydroxylation is 1. The highest BCUT2D eigenvalue weighted by Gasteiger charge is 2.38. The van der Waals surface area contributed by atoms with Crippen molar-refractivity contribution in [1.82, 2.24) is 30.2 Å². The maximum absolute atomic E-state index is 13.6. The maximum Gasteiger partial charge on any atom is 0.325 e. The zero-order valence-corrected chi connectivity index (χ0v) is 52.9. The number of carbonyl (C=O) groups excluding carboxylic acids is 11. The standard InChI is InChI=1S/C37H56N6O14.C8H10O.2C4H10.C3H8.2C2H6/c1-6-10-25(28(46)16-33(51)57-21-30(48)23(2)35(53)38-17-32(50)42-12-7-8-13-42)15-29(47)26(20-56-34(52)19-40(4)22-44)39-31(49)18-41(5)37(55)27-11-9-14-43(27)36(54)24(3)45;1-7-3-5-8(9-2)6-4-7;2*1-4(2)3;1-3-2;2*1-2/h22-23,25-28,46H,6-21H2,1-5H3,(H,38,53)(H,39,49);3-6H,1-2H3;2*4H,1-3H3;3H2,1-2H3;2*1-2H3/t23?,25-,26?,27?,28?;;;;;;/m1....../s1. The zero-order valence-electron chi connectivity index (χ0n) is 52.9. The molecule has 3 rings (SSSR count). The minimum Gasteiger partial charge on any atom is -0.497 e. The number of ether oxygens (including phenoxy) is 3. The molecule has 2 saturated heterocycles. The highest BCUT2D eigenvalue weighted by Crippen LogP contribution is 2.22. The van der Waals surface area contributed by atoms with Crippen LogP contribution in [0.5, 0.6) is 5.75 Å². The number of esters is 2. The van der Waals surface area contributed by atoms with E-state index in [2.05, 4.69) is 72.9 Å². The molecule has 466 valence electrons. The Bertz CT molecular complexity index is 1980. The van der Waals surface area contributed by atoms with E-state index < -0.39 is 122 Å². The second kappa shape index (κ2) is 48.5. The summed E-state index contributed by atoms with van der Waals surface area (Å²) in [6, 6.07) is 5.52. The third-order valence-electron chi connectivity index (χ3n) is 11.0. The van der Waals surface area contributed by atoms with Crippen molar-refractivity contribution >= 4 is 65.2 Å². The molecule has 21 nitrogen and oxygen atoms in total. The smallest absolute Gasteiger partial charge is 0.325 e. The Labute approximate surface area is 485 Å². The summed E-state index contributed by atoms with van der Waals surface area (Å²) < 4.78 is 15.1. The predicted molar refractivity (Wildman–Crippen MR) is 315 cm³/mol. The van der Waals surface area contributed by atoms with Gasteiger partial charge in [-0.3, -0.25) is 52.7 Å². The molecule has 0 radical (unpaired) electrons. The molecule has 4 unspecified atom stereocenters. The van der Waals surface area contributed by atoms with Crippen molar-refractivity contribution in [1.29, 1.82) is 0 Å². The predicted octanol–water partition coefficient (Wildman–Crippen LogP) is 6.55. The lowest BCUT2D eigenvalue weighted by atomic mass is 9.88. The Hall–Kier alpha value is -6.25. The number of hydrogen-bond donors (Lipinski definition) is 3. The number of carbonyl (C=O) groups is 11. The van der Waals surface area contributed by atoms with Crippen molar-refractivity contribution in [2.45, 2.75) is 187 Å². The molecule has 81 heavy (non-hydrogen) atoms. The number of methoxy groups -OCH3 is 1. The van der Waals surface area contributed by atoms with Gasteiger partial charge in [0.05, 0.1) is 38.6 Å². The minimum absolute atomic E-state index is 0.192. The molecule has 0 bridgehead atoms. The van der Waals surface area contributed by atoms with Gasteiger partial charge in [-0.15, -0.1) is 0 Å². The number of Topliss-reactive ketones (excluding diaryl/α,β-unsaturated/α-hetero) is 3. The van der Waals surface area contributed by atoms with Gasteiger partial charge in [0.1, 0.15) is 31.0 Å². The minimum atomic E-state index is -1.48. The van der Waals surface area contributed by atoms with Crippen molar-refractivity contribution in [2.24, 2.45) is 23.7 Å². The van der Waals surface area contributed by atoms with Gasteiger partial charge in [-0.2, -0.15) is 0 Å². The number of nitrogens with zero attached hydrogens (tertiary/aromatic N) is 4. The van der Waals surface area contributed by atoms with Crippen LogP contribution < -0.4 is 15.4 Å². The topological polar surface area (TPSA) is 273 Å². The molecule has 2 heterocycles. The molecule has 2 fully saturated rings. The van der Waals surface area contributed by atoms with Crippen LogP contribution in [0.25, 0.3) is 0 Å². The van der Waals surface area contributed by atoms with Crippen LogP contribution in [0.2, 0.25) is 0 Å². The van der Waals surface area contributed by atoms with Crippen molar-refractivity contribution < 1.29 is 72.1 Å². The van der Waals surface area contributed by atoms with Crippen molar-refractivity contribution in [3.63, 3.8) is 0 Å². The van der Waals surface area contributed by atoms with E-state index in [4.69, 9.17) is 14.2 Å². The summed E-state index contributed by atoms with van der Waals surface area (Å²) in [6.45, 7) is 30.1. The summed E-state index contributed by atoms with van der Waals surface area (Å²) in [4.78, 5) is 142. The fourth-order valence-electron chi connectivity index (χ4n) is 7.02. The van der Waals surface area contributed by atoms with Gasteiger partial charge in [-0.1, -0.05) is 121 Å². The number of rotatable bonds is 25. The summed E-state index contributed by atoms with van der Waals surface area (Å²) in [5.41, 5.74) is 1.26. The van der Waals surface area contributed by atoms with Crippen LogP contribution in [0.15, 0.2) is 24.3 Å². The van der Waals surface area contributed by atoms with E-state index in [1.165, 1.54) is 33.0 Å². The normalized spacial score (nSPS) is 14.2. The lowest BCUT2D eigenvalue weighted by molar-refractivity contribution is -0.153. The highest BCUT2D eigenvalue weighted by molar-refractivity contribution is 6.35. The Morgan fingerprint density at radius 1 is 0.765 bits per heavy atom. The van der Waals surface area contributed by atoms with E-state index in [0.29, 0.717) is 32.3 Å². The third-order valence-corrected chi connectivity index (χ3v) is 11.0. The maximum atomic E-state index is 13.6. The molecule has 21 heteroatoms. The van der Waals surface area contributed by atoms with Crippen LogP contribution in [0.1, 0.15) is 167 Å². The number of likely N-dealkylation sites (N-methyl/N-ethyl adjacent to an activating group) is 2. The van der Waals surface area contributed by atoms with E-state index in [1.807, 2.05) is 52.0 Å². The largest absolute Gasteiger partial charge is 0.497 e. The molecule has 2 aliphatic rings. The highest BCUT2D eigenvalue weighted by atomic mass is 16.5. The number of benzene rings is 1. The SMILES string of the molecule is CC.CC.CC(C)C.CC(C)C.CCC.CCC[C@H](CC(=O)C(COC(=O)CN(C)C=O)NC(=O)CN(C)C(=O)C1CCCN1C(=O)C(C)=O)C(O)CC(=O)OCC(=O)C(C)C(=O)NCC(=O)N1CCCC1.COc1ccc(C)cc1. The van der Waals surface area contributed by atoms with Crippen molar-refractivity contribution in [3.8, 4) is 5.75 Å². The van der Waals surface area contributed by atoms with Crippen molar-refractivity contribution in [3.05, 3.63) is 29.8 Å². The monoisotopic (exact) mass is 1150 g/mol. The van der Waals surface area contributed by atoms with Gasteiger partial charge in [0.15, 0.2) is 18.2 Å². The van der Waals surface area contributed by atoms with Gasteiger partial charge >= 0.3 is 11.9 Å². The van der Waals surface area contributed by atoms with E-state index in [9.17, 15) is 57.8 Å². The molecule has 5 atom stereocenters. The summed E-state index contributed by atoms with van der Waals surface area (Å²) >= 11 is 0. The first kappa shape index (κ1) is 81.2. The number of likely N-dealkylation sites (tertiary alicyclic amines) is 2. The van der Waals surface area contributed by atoms with Crippen LogP contribution in [0.3, 0.4) is 0 Å². The van der Waals surface area contributed by atoms with Gasteiger partial charge < -0.3 is 49.6 Å². The fraction of sp³-hybridized carbons (Fsp3) is 0.717. The number of aliphatic hydroxyl groups is 1. The van der Waals surface area contributed by atoms with Crippen LogP contribution in [0.4, 0.5) is 0 Å². The Balaban J connectivity index is -0.00000103. The fourth-order valence-corrected chi connectivity index (χ4v) is 7.02. The summed E-state index contributed by atoms with van der Waals surface area (Å²) in [5, 5.41) is 15.8. The number of hydrogen-bond acceptors (Lipinski definition) is 15. The lowest BCUT2D eigenvalue weighted by Gasteiger charge is -2.28. The van der Waals surface area contributed by atoms with Crippen LogP contribution in [-0.4, -0.2) is 182 Å². The second-order valence-corrected chi connectivity index (χ2v) is 20.6. The number of nitrogens with one attached hydrogen (secondary N) is 2. The van der Waals surface area contributed by atoms with Crippen LogP contribution >= 0.6 is 0 Å². The van der Waals surface area contributed by atoms with E-state index in [1.54, 1.807) is 18.9 Å². The lowest BCUT2D eigenvalue weighted by Crippen LogP contribution is -2.52. The van der Waals surface area contributed by atoms with Gasteiger partial charge in [0.2, 0.25) is 35.8 Å². The third kappa shape index (κ3) is 38.9. The van der Waals surface area contributed by atoms with E-state index in [-0.39, 0.29) is 31.8 Å². The van der Waals surface area contributed by atoms with Crippen LogP contribution in [-0.2, 0) is 62.2 Å². The molecular formula is C60H106N6O15. The van der Waals surface area contributed by atoms with Gasteiger partial charge in [-0.25, -0.2) is 0 Å². The zero-order chi connectivity index (χ0) is 63.4. The molecule has 0 saturated carbocycles. The molecular weight excluding hydrogens is 1040 g/mol. The van der Waals surface area contributed by atoms with Gasteiger partial charge in [0, 0.05) is 47.1 Å². The van der Waals surface area contributed by atoms with E-state index in [0.717, 1.165) is 52.1 Å². The summed E-state index contributed by atoms with van der Waals surface area (Å²) in [7, 11) is 4.29. The first-order valence-electron chi connectivity index (χ1n) is 28.8. The van der Waals surface area contributed by atoms with Gasteiger partial charge in [-0.05, 0) is 75.8 Å². The van der Waals surface area contributed by atoms with E-state index >= 15 is 0 Å². The average molecular weight is 1150 g/mol. The molecule has 3 N–H and O–H groups in total. The molecule has 0 aromatic heterocycles. The number of ketones is 3. The second-order valence-electron chi connectivity index (χ2n) is 20.6. The first-order valence-corrected chi connectivity index (χ1v) is 28.8. The molecule has 1 aromatic carbocycles. The van der Waals surface area contributed by atoms with Crippen molar-refractivity contribution in [2.75, 3.05) is 73.7 Å². The molecule has 2 aliphatic heterocycles. The van der Waals surface area contributed by atoms with Gasteiger partial charge in [0.25, 0.3) is 5.91 Å². The Kier molecular flexibility index (Phi) is 48.6. The Morgan fingerprint density at radius 2 is 1.30 bits per heavy atom. The summed E-state index contributed by atoms with van der Waals surface area (Å²) in [5.74, 6) is -6.83. The quantitative estimate of drug-likeness (QED) is 0.0405. The number of aliphatic hydroxyl groups excluding tert-OH is 1. The number of amides is 6. The molecule has 1 aromatic rings. The Morgan fingerprint density at radius 3 is 1.78 bits per heavy atom. The molecule has 0 spiro atoms. The first-order chi connectivity index (χ1) is 38.1. The summed E-state index contributed by atoms with van der Waals surface area (Å²) in [6.07, 6.45) is 2.32. The average Bonchev–Trinajstić information content (AvgIpc) is 4.15. The molecule has 0 aliphatic carbocycles. The molecule has 6 amide bonds. The van der Waals surface area contributed by atoms with Crippen LogP contribution in [0, 0.1) is 30.6 Å².